The fraction of sp³-hybridized carbons (Fsp3) is 0.500. The third-order valence-electron chi connectivity index (χ3n) is 4.30. The molecule has 1 aromatic carbocycles. The molecule has 6 nitrogen and oxygen atoms in total. The molecule has 2 aliphatic rings. The van der Waals surface area contributed by atoms with E-state index in [9.17, 15) is 4.79 Å². The van der Waals surface area contributed by atoms with Gasteiger partial charge < -0.3 is 9.64 Å². The van der Waals surface area contributed by atoms with Gasteiger partial charge in [-0.25, -0.2) is 4.63 Å². The Balaban J connectivity index is 1.65. The molecule has 0 bridgehead atoms. The number of carbonyl (C=O) groups is 1. The zero-order valence-corrected chi connectivity index (χ0v) is 11.0. The van der Waals surface area contributed by atoms with Crippen molar-refractivity contribution in [2.75, 3.05) is 19.8 Å². The van der Waals surface area contributed by atoms with Crippen molar-refractivity contribution < 1.29 is 14.2 Å². The number of fused-ring (bicyclic) bond motifs is 2. The normalized spacial score (nSPS) is 25.9. The predicted octanol–water partition coefficient (Wildman–Crippen LogP) is 1.47. The van der Waals surface area contributed by atoms with E-state index in [1.165, 1.54) is 0 Å². The summed E-state index contributed by atoms with van der Waals surface area (Å²) in [6.07, 6.45) is 2.20. The van der Waals surface area contributed by atoms with Crippen molar-refractivity contribution >= 4 is 16.9 Å². The van der Waals surface area contributed by atoms with Crippen molar-refractivity contribution in [3.63, 3.8) is 0 Å². The molecule has 3 heterocycles. The average molecular weight is 273 g/mol. The zero-order valence-electron chi connectivity index (χ0n) is 11.0. The first-order valence-corrected chi connectivity index (χ1v) is 6.94. The number of nitrogens with zero attached hydrogens (tertiary/aromatic N) is 3. The summed E-state index contributed by atoms with van der Waals surface area (Å²) in [5, 5.41) is 7.55. The molecule has 4 rings (SSSR count). The lowest BCUT2D eigenvalue weighted by Crippen LogP contribution is -2.48. The summed E-state index contributed by atoms with van der Waals surface area (Å²) < 4.78 is 10.2. The number of hydrogen-bond acceptors (Lipinski definition) is 5. The largest absolute Gasteiger partial charge is 0.379 e. The summed E-state index contributed by atoms with van der Waals surface area (Å²) in [6, 6.07) is 5.52. The van der Waals surface area contributed by atoms with Crippen LogP contribution in [0.2, 0.25) is 0 Å². The van der Waals surface area contributed by atoms with Crippen LogP contribution in [0, 0.1) is 5.92 Å². The second-order valence-electron chi connectivity index (χ2n) is 5.47. The second-order valence-corrected chi connectivity index (χ2v) is 5.47. The van der Waals surface area contributed by atoms with Gasteiger partial charge in [0.1, 0.15) is 11.0 Å². The Kier molecular flexibility index (Phi) is 2.70. The Bertz CT molecular complexity index is 654. The van der Waals surface area contributed by atoms with Gasteiger partial charge in [-0.15, -0.1) is 0 Å². The molecule has 2 saturated heterocycles. The van der Waals surface area contributed by atoms with E-state index in [1.54, 1.807) is 18.2 Å². The summed E-state index contributed by atoms with van der Waals surface area (Å²) in [5.41, 5.74) is 1.93. The average Bonchev–Trinajstić information content (AvgIpc) is 3.13. The van der Waals surface area contributed by atoms with Crippen molar-refractivity contribution in [2.24, 2.45) is 5.92 Å². The minimum atomic E-state index is 0.0510. The van der Waals surface area contributed by atoms with E-state index in [-0.39, 0.29) is 11.9 Å². The Morgan fingerprint density at radius 2 is 2.15 bits per heavy atom. The smallest absolute Gasteiger partial charge is 0.254 e. The molecule has 1 aromatic heterocycles. The van der Waals surface area contributed by atoms with Crippen LogP contribution in [0.1, 0.15) is 23.2 Å². The molecule has 0 N–H and O–H groups in total. The quantitative estimate of drug-likeness (QED) is 0.787. The Labute approximate surface area is 115 Å². The summed E-state index contributed by atoms with van der Waals surface area (Å²) in [7, 11) is 0. The number of ether oxygens (including phenoxy) is 1. The van der Waals surface area contributed by atoms with Crippen LogP contribution >= 0.6 is 0 Å². The van der Waals surface area contributed by atoms with Gasteiger partial charge in [0.2, 0.25) is 0 Å². The molecule has 2 aliphatic heterocycles. The molecular formula is C14H15N3O3. The van der Waals surface area contributed by atoms with Gasteiger partial charge in [0, 0.05) is 18.0 Å². The van der Waals surface area contributed by atoms with Crippen LogP contribution in [-0.2, 0) is 4.74 Å². The monoisotopic (exact) mass is 273 g/mol. The highest BCUT2D eigenvalue weighted by atomic mass is 16.6. The van der Waals surface area contributed by atoms with E-state index in [1.807, 2.05) is 4.90 Å². The Morgan fingerprint density at radius 1 is 1.25 bits per heavy atom. The van der Waals surface area contributed by atoms with E-state index in [0.717, 1.165) is 26.0 Å². The summed E-state index contributed by atoms with van der Waals surface area (Å²) in [4.78, 5) is 14.7. The van der Waals surface area contributed by atoms with Gasteiger partial charge in [-0.3, -0.25) is 4.79 Å². The van der Waals surface area contributed by atoms with Gasteiger partial charge in [0.15, 0.2) is 0 Å². The molecule has 0 aliphatic carbocycles. The van der Waals surface area contributed by atoms with Crippen molar-refractivity contribution in [2.45, 2.75) is 18.9 Å². The molecule has 2 aromatic rings. The van der Waals surface area contributed by atoms with Crippen LogP contribution in [0.15, 0.2) is 22.8 Å². The maximum absolute atomic E-state index is 12.7. The maximum atomic E-state index is 12.7. The minimum absolute atomic E-state index is 0.0510. The van der Waals surface area contributed by atoms with E-state index in [0.29, 0.717) is 29.1 Å². The lowest BCUT2D eigenvalue weighted by atomic mass is 9.91. The van der Waals surface area contributed by atoms with E-state index in [4.69, 9.17) is 4.74 Å². The van der Waals surface area contributed by atoms with Crippen molar-refractivity contribution in [1.82, 2.24) is 15.2 Å². The van der Waals surface area contributed by atoms with Crippen LogP contribution in [0.4, 0.5) is 0 Å². The lowest BCUT2D eigenvalue weighted by molar-refractivity contribution is 0.0559. The SMILES string of the molecule is O=C(c1ccc2nonc2c1)N1CCCC2COCC21. The first kappa shape index (κ1) is 11.8. The number of benzene rings is 1. The fourth-order valence-electron chi connectivity index (χ4n) is 3.23. The topological polar surface area (TPSA) is 68.5 Å². The number of likely N-dealkylation sites (tertiary alicyclic amines) is 1. The van der Waals surface area contributed by atoms with Crippen LogP contribution in [0.25, 0.3) is 11.0 Å². The fourth-order valence-corrected chi connectivity index (χ4v) is 3.23. The molecule has 1 amide bonds. The number of rotatable bonds is 1. The highest BCUT2D eigenvalue weighted by Crippen LogP contribution is 2.30. The van der Waals surface area contributed by atoms with E-state index >= 15 is 0 Å². The third-order valence-corrected chi connectivity index (χ3v) is 4.30. The molecule has 0 spiro atoms. The van der Waals surface area contributed by atoms with Crippen LogP contribution < -0.4 is 0 Å². The zero-order chi connectivity index (χ0) is 13.5. The Hall–Kier alpha value is -1.95. The van der Waals surface area contributed by atoms with Crippen molar-refractivity contribution in [1.29, 1.82) is 0 Å². The number of hydrogen-bond donors (Lipinski definition) is 0. The van der Waals surface area contributed by atoms with Crippen LogP contribution in [0.5, 0.6) is 0 Å². The lowest BCUT2D eigenvalue weighted by Gasteiger charge is -2.36. The van der Waals surface area contributed by atoms with E-state index < -0.39 is 0 Å². The van der Waals surface area contributed by atoms with Crippen molar-refractivity contribution in [3.8, 4) is 0 Å². The number of piperidine rings is 1. The van der Waals surface area contributed by atoms with Gasteiger partial charge in [0.05, 0.1) is 19.3 Å². The third kappa shape index (κ3) is 1.79. The number of amides is 1. The molecule has 0 radical (unpaired) electrons. The van der Waals surface area contributed by atoms with Crippen molar-refractivity contribution in [3.05, 3.63) is 23.8 Å². The summed E-state index contributed by atoms with van der Waals surface area (Å²) in [5.74, 6) is 0.542. The molecule has 2 unspecified atom stereocenters. The predicted molar refractivity (Wildman–Crippen MR) is 70.2 cm³/mol. The van der Waals surface area contributed by atoms with Gasteiger partial charge in [-0.05, 0) is 41.4 Å². The standard InChI is InChI=1S/C14H15N3O3/c18-14(9-3-4-11-12(6-9)16-20-15-11)17-5-1-2-10-7-19-8-13(10)17/h3-4,6,10,13H,1-2,5,7-8H2. The van der Waals surface area contributed by atoms with Crippen LogP contribution in [0.3, 0.4) is 0 Å². The number of carbonyl (C=O) groups excluding carboxylic acids is 1. The summed E-state index contributed by atoms with van der Waals surface area (Å²) >= 11 is 0. The highest BCUT2D eigenvalue weighted by Gasteiger charge is 2.38. The molecule has 2 atom stereocenters. The Morgan fingerprint density at radius 3 is 3.10 bits per heavy atom. The van der Waals surface area contributed by atoms with Gasteiger partial charge in [-0.2, -0.15) is 0 Å². The van der Waals surface area contributed by atoms with E-state index in [2.05, 4.69) is 14.9 Å². The van der Waals surface area contributed by atoms with Crippen LogP contribution in [-0.4, -0.2) is 46.9 Å². The maximum Gasteiger partial charge on any atom is 0.254 e. The molecular weight excluding hydrogens is 258 g/mol. The molecule has 104 valence electrons. The molecule has 2 fully saturated rings. The summed E-state index contributed by atoms with van der Waals surface area (Å²) in [6.45, 7) is 2.24. The van der Waals surface area contributed by atoms with Gasteiger partial charge in [-0.1, -0.05) is 0 Å². The first-order valence-electron chi connectivity index (χ1n) is 6.94. The van der Waals surface area contributed by atoms with Gasteiger partial charge in [0.25, 0.3) is 5.91 Å². The minimum Gasteiger partial charge on any atom is -0.379 e. The number of aromatic nitrogens is 2. The first-order chi connectivity index (χ1) is 9.83. The molecule has 0 saturated carbocycles. The second kappa shape index (κ2) is 4.56. The van der Waals surface area contributed by atoms with Gasteiger partial charge >= 0.3 is 0 Å². The highest BCUT2D eigenvalue weighted by molar-refractivity contribution is 5.97. The molecule has 6 heteroatoms. The molecule has 20 heavy (non-hydrogen) atoms.